The molecule has 0 amide bonds. The molecule has 2 aliphatic rings. The number of nitrogens with zero attached hydrogens (tertiary/aromatic N) is 1. The molecule has 0 radical (unpaired) electrons. The zero-order valence-electron chi connectivity index (χ0n) is 10.4. The van der Waals surface area contributed by atoms with E-state index >= 15 is 0 Å². The monoisotopic (exact) mass is 263 g/mol. The number of benzene rings is 2. The number of hydrogen-bond acceptors (Lipinski definition) is 2. The molecule has 0 saturated carbocycles. The third-order valence-corrected chi connectivity index (χ3v) is 4.13. The van der Waals surface area contributed by atoms with Crippen molar-refractivity contribution in [3.05, 3.63) is 65.4 Å². The summed E-state index contributed by atoms with van der Waals surface area (Å²) >= 11 is 4.43. The number of thiol groups is 1. The number of hydrogen-bond donors (Lipinski definition) is 1. The van der Waals surface area contributed by atoms with Crippen molar-refractivity contribution < 1.29 is 0 Å². The Hall–Kier alpha value is -1.80. The van der Waals surface area contributed by atoms with Gasteiger partial charge in [0.05, 0.1) is 5.71 Å². The lowest BCUT2D eigenvalue weighted by Crippen LogP contribution is -1.96. The molecule has 0 unspecified atom stereocenters. The summed E-state index contributed by atoms with van der Waals surface area (Å²) in [6.07, 6.45) is 5.96. The van der Waals surface area contributed by atoms with Gasteiger partial charge in [-0.1, -0.05) is 24.3 Å². The van der Waals surface area contributed by atoms with E-state index in [0.29, 0.717) is 0 Å². The van der Waals surface area contributed by atoms with Gasteiger partial charge in [-0.15, -0.1) is 12.6 Å². The summed E-state index contributed by atoms with van der Waals surface area (Å²) in [7, 11) is 0. The van der Waals surface area contributed by atoms with Gasteiger partial charge < -0.3 is 0 Å². The Balaban J connectivity index is 1.84. The summed E-state index contributed by atoms with van der Waals surface area (Å²) < 4.78 is 0. The molecule has 0 atom stereocenters. The highest BCUT2D eigenvalue weighted by molar-refractivity contribution is 7.80. The predicted octanol–water partition coefficient (Wildman–Crippen LogP) is 4.25. The van der Waals surface area contributed by atoms with Crippen molar-refractivity contribution in [3.63, 3.8) is 0 Å². The third kappa shape index (κ3) is 1.75. The Morgan fingerprint density at radius 2 is 1.89 bits per heavy atom. The first-order valence-corrected chi connectivity index (χ1v) is 6.93. The standard InChI is InChI=1S/C17H13NS/c19-14-5-6-15-13(9-14)8-11-3-4-12(10-16(11)15)17-2-1-7-18-17/h1,3-7,9-10,19H,2,8H2. The van der Waals surface area contributed by atoms with E-state index in [1.807, 2.05) is 6.20 Å². The molecule has 1 nitrogen and oxygen atoms in total. The fourth-order valence-electron chi connectivity index (χ4n) is 2.91. The fraction of sp³-hybridized carbons (Fsp3) is 0.118. The van der Waals surface area contributed by atoms with Crippen LogP contribution in [0.25, 0.3) is 11.1 Å². The first kappa shape index (κ1) is 11.1. The first-order valence-electron chi connectivity index (χ1n) is 6.48. The Morgan fingerprint density at radius 1 is 0.947 bits per heavy atom. The smallest absolute Gasteiger partial charge is 0.0514 e. The van der Waals surface area contributed by atoms with E-state index in [-0.39, 0.29) is 0 Å². The zero-order valence-corrected chi connectivity index (χ0v) is 11.3. The maximum atomic E-state index is 4.43. The quantitative estimate of drug-likeness (QED) is 0.630. The van der Waals surface area contributed by atoms with E-state index in [2.05, 4.69) is 60.1 Å². The first-order chi connectivity index (χ1) is 9.31. The molecule has 0 bridgehead atoms. The molecule has 2 heteroatoms. The molecule has 19 heavy (non-hydrogen) atoms. The van der Waals surface area contributed by atoms with Crippen molar-refractivity contribution in [3.8, 4) is 11.1 Å². The molecule has 0 N–H and O–H groups in total. The Labute approximate surface area is 118 Å². The summed E-state index contributed by atoms with van der Waals surface area (Å²) in [5.74, 6) is 0. The van der Waals surface area contributed by atoms with Gasteiger partial charge >= 0.3 is 0 Å². The summed E-state index contributed by atoms with van der Waals surface area (Å²) in [5.41, 5.74) is 7.90. The largest absolute Gasteiger partial charge is 0.261 e. The Bertz CT molecular complexity index is 741. The van der Waals surface area contributed by atoms with E-state index in [1.54, 1.807) is 0 Å². The van der Waals surface area contributed by atoms with Gasteiger partial charge in [0.25, 0.3) is 0 Å². The maximum absolute atomic E-state index is 4.43. The molecule has 1 heterocycles. The van der Waals surface area contributed by atoms with Crippen LogP contribution in [-0.2, 0) is 6.42 Å². The van der Waals surface area contributed by atoms with Crippen LogP contribution in [0.5, 0.6) is 0 Å². The van der Waals surface area contributed by atoms with E-state index < -0.39 is 0 Å². The van der Waals surface area contributed by atoms with Gasteiger partial charge in [-0.2, -0.15) is 0 Å². The van der Waals surface area contributed by atoms with Gasteiger partial charge in [-0.25, -0.2) is 0 Å². The molecule has 2 aromatic carbocycles. The molecule has 0 spiro atoms. The van der Waals surface area contributed by atoms with Crippen LogP contribution in [0.1, 0.15) is 23.1 Å². The van der Waals surface area contributed by atoms with E-state index in [4.69, 9.17) is 0 Å². The number of allylic oxidation sites excluding steroid dienone is 1. The molecule has 0 aromatic heterocycles. The van der Waals surface area contributed by atoms with Gasteiger partial charge in [0, 0.05) is 17.5 Å². The summed E-state index contributed by atoms with van der Waals surface area (Å²) in [6.45, 7) is 0. The molecule has 0 saturated heterocycles. The van der Waals surface area contributed by atoms with Gasteiger partial charge in [-0.05, 0) is 52.4 Å². The van der Waals surface area contributed by atoms with Gasteiger partial charge in [-0.3, -0.25) is 4.99 Å². The van der Waals surface area contributed by atoms with Crippen LogP contribution in [0.15, 0.2) is 58.6 Å². The fourth-order valence-corrected chi connectivity index (χ4v) is 3.14. The normalized spacial score (nSPS) is 15.3. The van der Waals surface area contributed by atoms with Crippen LogP contribution in [0.3, 0.4) is 0 Å². The second-order valence-corrected chi connectivity index (χ2v) is 5.57. The summed E-state index contributed by atoms with van der Waals surface area (Å²) in [6, 6.07) is 13.1. The van der Waals surface area contributed by atoms with Crippen molar-refractivity contribution in [2.75, 3.05) is 0 Å². The topological polar surface area (TPSA) is 12.4 Å². The van der Waals surface area contributed by atoms with Crippen molar-refractivity contribution in [1.29, 1.82) is 0 Å². The maximum Gasteiger partial charge on any atom is 0.0514 e. The highest BCUT2D eigenvalue weighted by Crippen LogP contribution is 2.38. The minimum absolute atomic E-state index is 0.946. The minimum Gasteiger partial charge on any atom is -0.261 e. The van der Waals surface area contributed by atoms with Gasteiger partial charge in [0.15, 0.2) is 0 Å². The average Bonchev–Trinajstić information content (AvgIpc) is 3.04. The highest BCUT2D eigenvalue weighted by Gasteiger charge is 2.19. The molecule has 1 aliphatic heterocycles. The third-order valence-electron chi connectivity index (χ3n) is 3.85. The van der Waals surface area contributed by atoms with Crippen molar-refractivity contribution in [2.24, 2.45) is 4.99 Å². The second-order valence-electron chi connectivity index (χ2n) is 5.05. The lowest BCUT2D eigenvalue weighted by Gasteiger charge is -2.05. The van der Waals surface area contributed by atoms with Crippen molar-refractivity contribution >= 4 is 18.3 Å². The molecule has 92 valence electrons. The second kappa shape index (κ2) is 4.10. The molecule has 2 aromatic rings. The van der Waals surface area contributed by atoms with Crippen LogP contribution >= 0.6 is 12.6 Å². The summed E-state index contributed by atoms with van der Waals surface area (Å²) in [5, 5.41) is 0. The number of aliphatic imine (C=N–C) groups is 1. The molecule has 0 fully saturated rings. The summed E-state index contributed by atoms with van der Waals surface area (Å²) in [4.78, 5) is 5.46. The van der Waals surface area contributed by atoms with Crippen LogP contribution in [0.4, 0.5) is 0 Å². The number of rotatable bonds is 1. The molecule has 1 aliphatic carbocycles. The van der Waals surface area contributed by atoms with Crippen LogP contribution in [0.2, 0.25) is 0 Å². The van der Waals surface area contributed by atoms with Crippen LogP contribution in [-0.4, -0.2) is 5.71 Å². The highest BCUT2D eigenvalue weighted by atomic mass is 32.1. The molecular weight excluding hydrogens is 250 g/mol. The SMILES string of the molecule is Sc1ccc2c(c1)Cc1ccc(C3=NC=CC3)cc1-2. The van der Waals surface area contributed by atoms with Gasteiger partial charge in [0.1, 0.15) is 0 Å². The predicted molar refractivity (Wildman–Crippen MR) is 82.2 cm³/mol. The lowest BCUT2D eigenvalue weighted by molar-refractivity contribution is 1.24. The average molecular weight is 263 g/mol. The van der Waals surface area contributed by atoms with Crippen LogP contribution < -0.4 is 0 Å². The molecular formula is C17H13NS. The van der Waals surface area contributed by atoms with Crippen LogP contribution in [0, 0.1) is 0 Å². The van der Waals surface area contributed by atoms with E-state index in [9.17, 15) is 0 Å². The van der Waals surface area contributed by atoms with E-state index in [1.165, 1.54) is 33.5 Å². The van der Waals surface area contributed by atoms with E-state index in [0.717, 1.165) is 17.7 Å². The Kier molecular flexibility index (Phi) is 2.39. The zero-order chi connectivity index (χ0) is 12.8. The minimum atomic E-state index is 0.946. The van der Waals surface area contributed by atoms with Gasteiger partial charge in [0.2, 0.25) is 0 Å². The van der Waals surface area contributed by atoms with Crippen molar-refractivity contribution in [2.45, 2.75) is 17.7 Å². The van der Waals surface area contributed by atoms with Crippen molar-refractivity contribution in [1.82, 2.24) is 0 Å². The number of fused-ring (bicyclic) bond motifs is 3. The molecule has 4 rings (SSSR count). The lowest BCUT2D eigenvalue weighted by atomic mass is 10.00. The Morgan fingerprint density at radius 3 is 2.74 bits per heavy atom.